The predicted octanol–water partition coefficient (Wildman–Crippen LogP) is 1.20. The van der Waals surface area contributed by atoms with Gasteiger partial charge in [-0.15, -0.1) is 0 Å². The highest BCUT2D eigenvalue weighted by atomic mass is 32.2. The number of rotatable bonds is 2. The fraction of sp³-hybridized carbons (Fsp3) is 1.00. The van der Waals surface area contributed by atoms with Gasteiger partial charge in [-0.2, -0.15) is 17.0 Å². The minimum Gasteiger partial charge on any atom is -0.195 e. The molecule has 0 saturated carbocycles. The van der Waals surface area contributed by atoms with Crippen LogP contribution < -0.4 is 0 Å². The molecule has 0 N–H and O–H groups in total. The SMILES string of the molecule is O=S(=O)(N1CCCCCC1)N1CCCC1. The summed E-state index contributed by atoms with van der Waals surface area (Å²) in [7, 11) is -3.12. The Kier molecular flexibility index (Phi) is 3.64. The molecule has 88 valence electrons. The third-order valence-electron chi connectivity index (χ3n) is 3.28. The molecule has 2 fully saturated rings. The molecule has 2 aliphatic heterocycles. The van der Waals surface area contributed by atoms with E-state index in [0.717, 1.165) is 51.9 Å². The minimum absolute atomic E-state index is 0.721. The summed E-state index contributed by atoms with van der Waals surface area (Å²) in [4.78, 5) is 0. The van der Waals surface area contributed by atoms with Gasteiger partial charge in [-0.25, -0.2) is 0 Å². The second-order valence-corrected chi connectivity index (χ2v) is 6.36. The second kappa shape index (κ2) is 4.80. The molecule has 0 unspecified atom stereocenters. The highest BCUT2D eigenvalue weighted by molar-refractivity contribution is 7.86. The first-order valence-corrected chi connectivity index (χ1v) is 7.36. The molecular weight excluding hydrogens is 212 g/mol. The molecule has 0 aliphatic carbocycles. The van der Waals surface area contributed by atoms with Gasteiger partial charge in [-0.3, -0.25) is 0 Å². The predicted molar refractivity (Wildman–Crippen MR) is 59.8 cm³/mol. The van der Waals surface area contributed by atoms with Crippen molar-refractivity contribution >= 4 is 10.2 Å². The van der Waals surface area contributed by atoms with E-state index in [2.05, 4.69) is 0 Å². The van der Waals surface area contributed by atoms with E-state index < -0.39 is 10.2 Å². The van der Waals surface area contributed by atoms with Gasteiger partial charge in [0.05, 0.1) is 0 Å². The van der Waals surface area contributed by atoms with Crippen LogP contribution in [0, 0.1) is 0 Å². The lowest BCUT2D eigenvalue weighted by Crippen LogP contribution is -2.42. The molecule has 0 atom stereocenters. The van der Waals surface area contributed by atoms with Gasteiger partial charge in [0.25, 0.3) is 10.2 Å². The molecule has 2 aliphatic rings. The average Bonchev–Trinajstić information content (AvgIpc) is 2.61. The van der Waals surface area contributed by atoms with Gasteiger partial charge in [0, 0.05) is 26.2 Å². The molecule has 15 heavy (non-hydrogen) atoms. The van der Waals surface area contributed by atoms with Crippen molar-refractivity contribution in [3.63, 3.8) is 0 Å². The maximum absolute atomic E-state index is 12.2. The first-order chi connectivity index (χ1) is 7.21. The molecule has 0 spiro atoms. The number of hydrogen-bond donors (Lipinski definition) is 0. The van der Waals surface area contributed by atoms with Crippen LogP contribution in [0.5, 0.6) is 0 Å². The molecule has 5 heteroatoms. The first-order valence-electron chi connectivity index (χ1n) is 5.96. The Morgan fingerprint density at radius 3 is 1.33 bits per heavy atom. The van der Waals surface area contributed by atoms with Crippen molar-refractivity contribution in [2.24, 2.45) is 0 Å². The van der Waals surface area contributed by atoms with Crippen molar-refractivity contribution in [1.29, 1.82) is 0 Å². The van der Waals surface area contributed by atoms with Gasteiger partial charge >= 0.3 is 0 Å². The lowest BCUT2D eigenvalue weighted by molar-refractivity contribution is 0.367. The van der Waals surface area contributed by atoms with Crippen LogP contribution in [0.1, 0.15) is 38.5 Å². The molecule has 0 aromatic rings. The molecule has 2 heterocycles. The second-order valence-electron chi connectivity index (χ2n) is 4.43. The van der Waals surface area contributed by atoms with Crippen LogP contribution in [-0.2, 0) is 10.2 Å². The Hall–Kier alpha value is -0.130. The van der Waals surface area contributed by atoms with Crippen LogP contribution in [-0.4, -0.2) is 43.2 Å². The van der Waals surface area contributed by atoms with E-state index in [1.54, 1.807) is 8.61 Å². The minimum atomic E-state index is -3.12. The van der Waals surface area contributed by atoms with E-state index in [1.807, 2.05) is 0 Å². The van der Waals surface area contributed by atoms with E-state index >= 15 is 0 Å². The van der Waals surface area contributed by atoms with Crippen LogP contribution in [0.15, 0.2) is 0 Å². The fourth-order valence-electron chi connectivity index (χ4n) is 2.35. The van der Waals surface area contributed by atoms with Gasteiger partial charge in [-0.05, 0) is 25.7 Å². The monoisotopic (exact) mass is 232 g/mol. The van der Waals surface area contributed by atoms with E-state index in [9.17, 15) is 8.42 Å². The normalized spacial score (nSPS) is 26.7. The van der Waals surface area contributed by atoms with Gasteiger partial charge in [0.1, 0.15) is 0 Å². The Morgan fingerprint density at radius 1 is 0.600 bits per heavy atom. The van der Waals surface area contributed by atoms with Crippen LogP contribution >= 0.6 is 0 Å². The Balaban J connectivity index is 2.05. The Bertz CT molecular complexity index is 289. The van der Waals surface area contributed by atoms with E-state index in [1.165, 1.54) is 12.8 Å². The number of nitrogens with zero attached hydrogens (tertiary/aromatic N) is 2. The largest absolute Gasteiger partial charge is 0.281 e. The molecule has 0 aromatic carbocycles. The van der Waals surface area contributed by atoms with E-state index in [-0.39, 0.29) is 0 Å². The van der Waals surface area contributed by atoms with E-state index in [4.69, 9.17) is 0 Å². The molecule has 0 radical (unpaired) electrons. The van der Waals surface area contributed by atoms with E-state index in [0.29, 0.717) is 0 Å². The smallest absolute Gasteiger partial charge is 0.195 e. The Morgan fingerprint density at radius 2 is 0.933 bits per heavy atom. The van der Waals surface area contributed by atoms with Crippen LogP contribution in [0.2, 0.25) is 0 Å². The van der Waals surface area contributed by atoms with Crippen LogP contribution in [0.25, 0.3) is 0 Å². The summed E-state index contributed by atoms with van der Waals surface area (Å²) in [5, 5.41) is 0. The first kappa shape index (κ1) is 11.4. The van der Waals surface area contributed by atoms with Gasteiger partial charge in [0.15, 0.2) is 0 Å². The van der Waals surface area contributed by atoms with Gasteiger partial charge in [0.2, 0.25) is 0 Å². The van der Waals surface area contributed by atoms with Gasteiger partial charge < -0.3 is 0 Å². The van der Waals surface area contributed by atoms with Crippen molar-refractivity contribution in [2.45, 2.75) is 38.5 Å². The molecule has 0 amide bonds. The standard InChI is InChI=1S/C10H20N2O2S/c13-15(14,12-9-5-6-10-12)11-7-3-1-2-4-8-11/h1-10H2. The maximum atomic E-state index is 12.2. The van der Waals surface area contributed by atoms with Crippen molar-refractivity contribution in [1.82, 2.24) is 8.61 Å². The topological polar surface area (TPSA) is 40.6 Å². The lowest BCUT2D eigenvalue weighted by atomic mass is 10.2. The molecule has 0 bridgehead atoms. The highest BCUT2D eigenvalue weighted by Gasteiger charge is 2.31. The molecule has 0 aromatic heterocycles. The van der Waals surface area contributed by atoms with Crippen molar-refractivity contribution in [3.05, 3.63) is 0 Å². The van der Waals surface area contributed by atoms with Crippen LogP contribution in [0.4, 0.5) is 0 Å². The summed E-state index contributed by atoms with van der Waals surface area (Å²) in [6.07, 6.45) is 6.43. The summed E-state index contributed by atoms with van der Waals surface area (Å²) in [6, 6.07) is 0. The van der Waals surface area contributed by atoms with Crippen molar-refractivity contribution in [3.8, 4) is 0 Å². The third kappa shape index (κ3) is 2.52. The molecule has 2 rings (SSSR count). The molecule has 4 nitrogen and oxygen atoms in total. The van der Waals surface area contributed by atoms with Crippen molar-refractivity contribution in [2.75, 3.05) is 26.2 Å². The summed E-state index contributed by atoms with van der Waals surface area (Å²) in [6.45, 7) is 2.88. The van der Waals surface area contributed by atoms with Gasteiger partial charge in [-0.1, -0.05) is 12.8 Å². The zero-order valence-corrected chi connectivity index (χ0v) is 10.0. The summed E-state index contributed by atoms with van der Waals surface area (Å²) in [5.41, 5.74) is 0. The quantitative estimate of drug-likeness (QED) is 0.718. The number of hydrogen-bond acceptors (Lipinski definition) is 2. The molecular formula is C10H20N2O2S. The third-order valence-corrected chi connectivity index (χ3v) is 5.32. The zero-order valence-electron chi connectivity index (χ0n) is 9.19. The average molecular weight is 232 g/mol. The fourth-order valence-corrected chi connectivity index (χ4v) is 4.12. The lowest BCUT2D eigenvalue weighted by Gasteiger charge is -2.25. The summed E-state index contributed by atoms with van der Waals surface area (Å²) < 4.78 is 27.7. The summed E-state index contributed by atoms with van der Waals surface area (Å²) >= 11 is 0. The van der Waals surface area contributed by atoms with Crippen molar-refractivity contribution < 1.29 is 8.42 Å². The maximum Gasteiger partial charge on any atom is 0.281 e. The Labute approximate surface area is 92.4 Å². The van der Waals surface area contributed by atoms with Crippen LogP contribution in [0.3, 0.4) is 0 Å². The molecule has 2 saturated heterocycles. The highest BCUT2D eigenvalue weighted by Crippen LogP contribution is 2.19. The summed E-state index contributed by atoms with van der Waals surface area (Å²) in [5.74, 6) is 0. The zero-order chi connectivity index (χ0) is 10.7.